The molecule has 1 aliphatic carbocycles. The Labute approximate surface area is 123 Å². The summed E-state index contributed by atoms with van der Waals surface area (Å²) in [7, 11) is 0. The van der Waals surface area contributed by atoms with Crippen molar-refractivity contribution in [2.45, 2.75) is 19.3 Å². The van der Waals surface area contributed by atoms with Crippen LogP contribution in [0.5, 0.6) is 5.88 Å². The molecule has 1 aromatic heterocycles. The Hall–Kier alpha value is -1.33. The van der Waals surface area contributed by atoms with Crippen molar-refractivity contribution in [1.82, 2.24) is 10.3 Å². The van der Waals surface area contributed by atoms with Gasteiger partial charge in [-0.2, -0.15) is 0 Å². The molecule has 2 atom stereocenters. The molecule has 3 N–H and O–H groups in total. The molecule has 5 nitrogen and oxygen atoms in total. The Kier molecular flexibility index (Phi) is 5.61. The largest absolute Gasteiger partial charge is 0.475 e. The van der Waals surface area contributed by atoms with Crippen molar-refractivity contribution in [2.24, 2.45) is 17.6 Å². The van der Waals surface area contributed by atoms with Crippen molar-refractivity contribution in [3.05, 3.63) is 23.4 Å². The second-order valence-corrected chi connectivity index (χ2v) is 5.37. The maximum atomic E-state index is 12.0. The number of hydrogen-bond acceptors (Lipinski definition) is 4. The molecular formula is C14H20ClN3O2. The minimum absolute atomic E-state index is 0.0541. The van der Waals surface area contributed by atoms with Crippen molar-refractivity contribution >= 4 is 17.5 Å². The van der Waals surface area contributed by atoms with E-state index in [0.29, 0.717) is 36.5 Å². The van der Waals surface area contributed by atoms with Crippen LogP contribution < -0.4 is 15.8 Å². The van der Waals surface area contributed by atoms with Gasteiger partial charge in [-0.05, 0) is 37.4 Å². The number of hydrogen-bond donors (Lipinski definition) is 2. The topological polar surface area (TPSA) is 77.2 Å². The summed E-state index contributed by atoms with van der Waals surface area (Å²) in [6.07, 6.45) is 4.68. The first-order chi connectivity index (χ1) is 9.72. The minimum atomic E-state index is 0.0541. The van der Waals surface area contributed by atoms with Gasteiger partial charge in [0, 0.05) is 12.1 Å². The summed E-state index contributed by atoms with van der Waals surface area (Å²) in [6.45, 7) is 1.38. The maximum Gasteiger partial charge on any atom is 0.232 e. The molecule has 0 spiro atoms. The van der Waals surface area contributed by atoms with E-state index < -0.39 is 0 Å². The number of rotatable bonds is 6. The van der Waals surface area contributed by atoms with Crippen LogP contribution in [0.1, 0.15) is 19.3 Å². The lowest BCUT2D eigenvalue weighted by Gasteiger charge is -2.17. The fourth-order valence-electron chi connectivity index (χ4n) is 2.59. The summed E-state index contributed by atoms with van der Waals surface area (Å²) in [6, 6.07) is 3.46. The molecule has 0 bridgehead atoms. The number of carbonyl (C=O) groups excluding carboxylic acids is 1. The zero-order valence-corrected chi connectivity index (χ0v) is 12.1. The normalized spacial score (nSPS) is 21.7. The third-order valence-corrected chi connectivity index (χ3v) is 3.95. The van der Waals surface area contributed by atoms with Gasteiger partial charge in [-0.1, -0.05) is 18.0 Å². The third-order valence-electron chi connectivity index (χ3n) is 3.66. The molecule has 1 aliphatic rings. The van der Waals surface area contributed by atoms with Gasteiger partial charge in [0.05, 0.1) is 6.54 Å². The first-order valence-electron chi connectivity index (χ1n) is 6.93. The van der Waals surface area contributed by atoms with E-state index in [1.54, 1.807) is 18.3 Å². The Morgan fingerprint density at radius 1 is 1.55 bits per heavy atom. The van der Waals surface area contributed by atoms with E-state index >= 15 is 0 Å². The lowest BCUT2D eigenvalue weighted by atomic mass is 9.95. The van der Waals surface area contributed by atoms with Crippen LogP contribution in [0, 0.1) is 11.8 Å². The summed E-state index contributed by atoms with van der Waals surface area (Å²) in [5.74, 6) is 0.845. The zero-order chi connectivity index (χ0) is 14.4. The van der Waals surface area contributed by atoms with E-state index in [2.05, 4.69) is 10.3 Å². The SMILES string of the molecule is NC[C@H]1CCC[C@H]1C(=O)NCCOc1ncccc1Cl. The number of ether oxygens (including phenoxy) is 1. The number of pyridine rings is 1. The third kappa shape index (κ3) is 3.84. The van der Waals surface area contributed by atoms with Crippen LogP contribution in [-0.2, 0) is 4.79 Å². The highest BCUT2D eigenvalue weighted by Gasteiger charge is 2.31. The van der Waals surface area contributed by atoms with E-state index in [1.165, 1.54) is 0 Å². The van der Waals surface area contributed by atoms with Crippen molar-refractivity contribution < 1.29 is 9.53 Å². The molecule has 0 saturated heterocycles. The smallest absolute Gasteiger partial charge is 0.232 e. The van der Waals surface area contributed by atoms with E-state index in [-0.39, 0.29) is 11.8 Å². The number of amides is 1. The second-order valence-electron chi connectivity index (χ2n) is 4.96. The summed E-state index contributed by atoms with van der Waals surface area (Å²) < 4.78 is 5.42. The Morgan fingerprint density at radius 2 is 2.40 bits per heavy atom. The number of nitrogens with one attached hydrogen (secondary N) is 1. The predicted molar refractivity (Wildman–Crippen MR) is 77.6 cm³/mol. The molecule has 110 valence electrons. The first-order valence-corrected chi connectivity index (χ1v) is 7.31. The lowest BCUT2D eigenvalue weighted by Crippen LogP contribution is -2.37. The van der Waals surface area contributed by atoms with Crippen LogP contribution in [0.4, 0.5) is 0 Å². The highest BCUT2D eigenvalue weighted by atomic mass is 35.5. The van der Waals surface area contributed by atoms with Crippen LogP contribution in [0.15, 0.2) is 18.3 Å². The number of carbonyl (C=O) groups is 1. The Bertz CT molecular complexity index is 456. The van der Waals surface area contributed by atoms with Gasteiger partial charge in [0.1, 0.15) is 11.6 Å². The van der Waals surface area contributed by atoms with Gasteiger partial charge in [-0.15, -0.1) is 0 Å². The van der Waals surface area contributed by atoms with E-state index in [4.69, 9.17) is 22.1 Å². The fraction of sp³-hybridized carbons (Fsp3) is 0.571. The molecule has 1 aromatic rings. The van der Waals surface area contributed by atoms with Crippen LogP contribution in [-0.4, -0.2) is 30.6 Å². The molecule has 0 unspecified atom stereocenters. The number of nitrogens with two attached hydrogens (primary N) is 1. The summed E-state index contributed by atoms with van der Waals surface area (Å²) >= 11 is 5.92. The highest BCUT2D eigenvalue weighted by Crippen LogP contribution is 2.30. The van der Waals surface area contributed by atoms with Crippen molar-refractivity contribution in [1.29, 1.82) is 0 Å². The molecular weight excluding hydrogens is 278 g/mol. The predicted octanol–water partition coefficient (Wildman–Crippen LogP) is 1.60. The highest BCUT2D eigenvalue weighted by molar-refractivity contribution is 6.31. The molecule has 1 saturated carbocycles. The molecule has 20 heavy (non-hydrogen) atoms. The molecule has 1 fully saturated rings. The van der Waals surface area contributed by atoms with Gasteiger partial charge < -0.3 is 15.8 Å². The van der Waals surface area contributed by atoms with E-state index in [1.807, 2.05) is 0 Å². The standard InChI is InChI=1S/C14H20ClN3O2/c15-12-5-2-6-18-14(12)20-8-7-17-13(19)11-4-1-3-10(11)9-16/h2,5-6,10-11H,1,3-4,7-9,16H2,(H,17,19)/t10-,11-/m1/s1. The molecule has 1 heterocycles. The number of halogens is 1. The van der Waals surface area contributed by atoms with Crippen molar-refractivity contribution in [3.8, 4) is 5.88 Å². The van der Waals surface area contributed by atoms with Crippen molar-refractivity contribution in [2.75, 3.05) is 19.7 Å². The van der Waals surface area contributed by atoms with Gasteiger partial charge in [-0.25, -0.2) is 4.98 Å². The summed E-state index contributed by atoms with van der Waals surface area (Å²) in [5, 5.41) is 3.36. The van der Waals surface area contributed by atoms with E-state index in [9.17, 15) is 4.79 Å². The van der Waals surface area contributed by atoms with Gasteiger partial charge in [0.2, 0.25) is 11.8 Å². The molecule has 6 heteroatoms. The second kappa shape index (κ2) is 7.45. The monoisotopic (exact) mass is 297 g/mol. The molecule has 1 amide bonds. The summed E-state index contributed by atoms with van der Waals surface area (Å²) in [5.41, 5.74) is 5.68. The fourth-order valence-corrected chi connectivity index (χ4v) is 2.77. The van der Waals surface area contributed by atoms with Crippen LogP contribution in [0.25, 0.3) is 0 Å². The molecule has 0 aromatic carbocycles. The van der Waals surface area contributed by atoms with Crippen LogP contribution in [0.2, 0.25) is 5.02 Å². The minimum Gasteiger partial charge on any atom is -0.475 e. The summed E-state index contributed by atoms with van der Waals surface area (Å²) in [4.78, 5) is 16.0. The van der Waals surface area contributed by atoms with Gasteiger partial charge in [-0.3, -0.25) is 4.79 Å². The van der Waals surface area contributed by atoms with Crippen LogP contribution in [0.3, 0.4) is 0 Å². The lowest BCUT2D eigenvalue weighted by molar-refractivity contribution is -0.126. The first kappa shape index (κ1) is 15.1. The quantitative estimate of drug-likeness (QED) is 0.782. The Balaban J connectivity index is 1.71. The number of nitrogens with zero attached hydrogens (tertiary/aromatic N) is 1. The average molecular weight is 298 g/mol. The van der Waals surface area contributed by atoms with Gasteiger partial charge >= 0.3 is 0 Å². The Morgan fingerprint density at radius 3 is 3.15 bits per heavy atom. The number of aromatic nitrogens is 1. The van der Waals surface area contributed by atoms with E-state index in [0.717, 1.165) is 19.3 Å². The maximum absolute atomic E-state index is 12.0. The van der Waals surface area contributed by atoms with Crippen molar-refractivity contribution in [3.63, 3.8) is 0 Å². The van der Waals surface area contributed by atoms with Crippen LogP contribution >= 0.6 is 11.6 Å². The molecule has 0 radical (unpaired) electrons. The average Bonchev–Trinajstić information content (AvgIpc) is 2.93. The molecule has 0 aliphatic heterocycles. The molecule has 2 rings (SSSR count). The van der Waals surface area contributed by atoms with Gasteiger partial charge in [0.25, 0.3) is 0 Å². The zero-order valence-electron chi connectivity index (χ0n) is 11.3. The van der Waals surface area contributed by atoms with Gasteiger partial charge in [0.15, 0.2) is 0 Å².